The van der Waals surface area contributed by atoms with Gasteiger partial charge in [-0.2, -0.15) is 0 Å². The Hall–Kier alpha value is 0.137. The average molecular weight is 148 g/mol. The summed E-state index contributed by atoms with van der Waals surface area (Å²) >= 11 is 0. The molecule has 0 rings (SSSR count). The largest absolute Gasteiger partial charge is 0.861 e. The number of nitrogens with zero attached hydrogens (tertiary/aromatic N) is 1. The van der Waals surface area contributed by atoms with Crippen molar-refractivity contribution in [2.24, 2.45) is 0 Å². The molecule has 0 N–H and O–H groups in total. The second-order valence-corrected chi connectivity index (χ2v) is 5.41. The first kappa shape index (κ1) is 11.9. The Balaban J connectivity index is 0. The van der Waals surface area contributed by atoms with Crippen LogP contribution in [0.5, 0.6) is 0 Å². The zero-order chi connectivity index (χ0) is 8.08. The summed E-state index contributed by atoms with van der Waals surface area (Å²) in [6.07, 6.45) is 0. The predicted molar refractivity (Wildman–Crippen MR) is 41.4 cm³/mol. The Morgan fingerprint density at radius 3 is 1.00 bits per heavy atom. The van der Waals surface area contributed by atoms with Gasteiger partial charge in [0.2, 0.25) is 0 Å². The molecule has 57 valence electrons. The van der Waals surface area contributed by atoms with Crippen molar-refractivity contribution in [2.45, 2.75) is 13.1 Å². The maximum Gasteiger partial charge on any atom is 0.0675 e. The van der Waals surface area contributed by atoms with Gasteiger partial charge in [-0.15, -0.1) is 0 Å². The minimum absolute atomic E-state index is 1.00. The third kappa shape index (κ3) is 16400. The van der Waals surface area contributed by atoms with Crippen LogP contribution in [0.15, 0.2) is 0 Å². The molecule has 0 spiro atoms. The molecule has 0 aromatic heterocycles. The molecule has 0 aromatic rings. The van der Waals surface area contributed by atoms with Crippen molar-refractivity contribution >= 4 is 9.04 Å². The monoisotopic (exact) mass is 148 g/mol. The molecular weight excluding hydrogens is 130 g/mol. The summed E-state index contributed by atoms with van der Waals surface area (Å²) in [5.41, 5.74) is 0. The molecule has 2 nitrogen and oxygen atoms in total. The maximum absolute atomic E-state index is 9.63. The quantitative estimate of drug-likeness (QED) is 0.348. The summed E-state index contributed by atoms with van der Waals surface area (Å²) in [5.74, 6) is 0. The SMILES string of the molecule is C[N+](C)(C)C.C[Si](C)[O-]. The second-order valence-electron chi connectivity index (χ2n) is 3.59. The van der Waals surface area contributed by atoms with Crippen molar-refractivity contribution in [1.82, 2.24) is 0 Å². The minimum atomic E-state index is -1.13. The summed E-state index contributed by atoms with van der Waals surface area (Å²) in [5, 5.41) is 0. The van der Waals surface area contributed by atoms with Gasteiger partial charge in [-0.05, 0) is 0 Å². The highest BCUT2D eigenvalue weighted by atomic mass is 28.3. The van der Waals surface area contributed by atoms with Crippen LogP contribution >= 0.6 is 0 Å². The van der Waals surface area contributed by atoms with Crippen molar-refractivity contribution in [2.75, 3.05) is 28.2 Å². The molecular formula is C6H18NOSi. The molecule has 9 heavy (non-hydrogen) atoms. The smallest absolute Gasteiger partial charge is 0.0675 e. The highest BCUT2D eigenvalue weighted by Gasteiger charge is 1.88. The molecule has 0 saturated carbocycles. The van der Waals surface area contributed by atoms with E-state index in [4.69, 9.17) is 0 Å². The summed E-state index contributed by atoms with van der Waals surface area (Å²) in [7, 11) is 7.37. The lowest BCUT2D eigenvalue weighted by Gasteiger charge is -2.14. The molecule has 0 unspecified atom stereocenters. The summed E-state index contributed by atoms with van der Waals surface area (Å²) in [6.45, 7) is 3.43. The zero-order valence-corrected chi connectivity index (χ0v) is 8.36. The van der Waals surface area contributed by atoms with Gasteiger partial charge in [-0.3, -0.25) is 0 Å². The summed E-state index contributed by atoms with van der Waals surface area (Å²) < 4.78 is 1.00. The summed E-state index contributed by atoms with van der Waals surface area (Å²) in [4.78, 5) is 9.63. The van der Waals surface area contributed by atoms with E-state index in [0.29, 0.717) is 0 Å². The number of rotatable bonds is 0. The van der Waals surface area contributed by atoms with Crippen molar-refractivity contribution < 1.29 is 9.28 Å². The standard InChI is InChI=1S/C4H12N.C2H6OSi/c1-5(2,3)4;1-4(2)3/h1-4H3;1-2H3/q+1;-1. The topological polar surface area (TPSA) is 23.1 Å². The van der Waals surface area contributed by atoms with Crippen molar-refractivity contribution in [1.29, 1.82) is 0 Å². The van der Waals surface area contributed by atoms with Crippen LogP contribution in [-0.2, 0) is 0 Å². The second kappa shape index (κ2) is 4.96. The van der Waals surface area contributed by atoms with Crippen LogP contribution in [0.25, 0.3) is 0 Å². The van der Waals surface area contributed by atoms with Gasteiger partial charge in [-0.25, -0.2) is 0 Å². The van der Waals surface area contributed by atoms with Crippen LogP contribution in [0.3, 0.4) is 0 Å². The zero-order valence-electron chi connectivity index (χ0n) is 7.36. The van der Waals surface area contributed by atoms with E-state index in [-0.39, 0.29) is 0 Å². The number of quaternary nitrogens is 1. The average Bonchev–Trinajstić information content (AvgIpc) is 1.19. The van der Waals surface area contributed by atoms with Crippen molar-refractivity contribution in [3.05, 3.63) is 0 Å². The molecule has 0 amide bonds. The van der Waals surface area contributed by atoms with E-state index >= 15 is 0 Å². The molecule has 0 aliphatic heterocycles. The van der Waals surface area contributed by atoms with E-state index in [9.17, 15) is 4.80 Å². The van der Waals surface area contributed by atoms with Crippen LogP contribution in [0.4, 0.5) is 0 Å². The van der Waals surface area contributed by atoms with Crippen molar-refractivity contribution in [3.8, 4) is 0 Å². The molecule has 0 aliphatic carbocycles. The molecule has 0 atom stereocenters. The Kier molecular flexibility index (Phi) is 6.55. The van der Waals surface area contributed by atoms with Gasteiger partial charge < -0.3 is 9.28 Å². The lowest BCUT2D eigenvalue weighted by molar-refractivity contribution is -0.849. The van der Waals surface area contributed by atoms with E-state index in [2.05, 4.69) is 28.2 Å². The number of hydrogen-bond acceptors (Lipinski definition) is 1. The molecule has 0 aliphatic rings. The van der Waals surface area contributed by atoms with Gasteiger partial charge in [0.25, 0.3) is 0 Å². The molecule has 1 radical (unpaired) electrons. The van der Waals surface area contributed by atoms with Gasteiger partial charge in [0.05, 0.1) is 28.2 Å². The number of hydrogen-bond donors (Lipinski definition) is 0. The summed E-state index contributed by atoms with van der Waals surface area (Å²) in [6, 6.07) is 0. The highest BCUT2D eigenvalue weighted by Crippen LogP contribution is 1.73. The van der Waals surface area contributed by atoms with Gasteiger partial charge >= 0.3 is 0 Å². The lowest BCUT2D eigenvalue weighted by Crippen LogP contribution is -2.27. The van der Waals surface area contributed by atoms with Crippen LogP contribution in [0, 0.1) is 0 Å². The Bertz CT molecular complexity index is 49.8. The first-order chi connectivity index (χ1) is 3.73. The van der Waals surface area contributed by atoms with Gasteiger partial charge in [0.15, 0.2) is 0 Å². The molecule has 0 heterocycles. The molecule has 0 aromatic carbocycles. The van der Waals surface area contributed by atoms with E-state index in [0.717, 1.165) is 4.48 Å². The van der Waals surface area contributed by atoms with Gasteiger partial charge in [0.1, 0.15) is 0 Å². The Labute approximate surface area is 60.4 Å². The third-order valence-electron chi connectivity index (χ3n) is 0. The van der Waals surface area contributed by atoms with E-state index in [1.165, 1.54) is 0 Å². The van der Waals surface area contributed by atoms with E-state index in [1.54, 1.807) is 13.1 Å². The maximum atomic E-state index is 9.63. The lowest BCUT2D eigenvalue weighted by atomic mass is 10.8. The van der Waals surface area contributed by atoms with Gasteiger partial charge in [-0.1, -0.05) is 22.1 Å². The molecule has 0 fully saturated rings. The molecule has 0 saturated heterocycles. The van der Waals surface area contributed by atoms with Crippen LogP contribution in [0.2, 0.25) is 13.1 Å². The fourth-order valence-corrected chi connectivity index (χ4v) is 0. The molecule has 0 bridgehead atoms. The highest BCUT2D eigenvalue weighted by molar-refractivity contribution is 6.44. The van der Waals surface area contributed by atoms with E-state index < -0.39 is 9.04 Å². The predicted octanol–water partition coefficient (Wildman–Crippen LogP) is -0.0798. The first-order valence-corrected chi connectivity index (χ1v) is 5.40. The fourth-order valence-electron chi connectivity index (χ4n) is 0. The first-order valence-electron chi connectivity index (χ1n) is 2.99. The minimum Gasteiger partial charge on any atom is -0.861 e. The normalized spacial score (nSPS) is 10.7. The fraction of sp³-hybridized carbons (Fsp3) is 1.00. The molecule has 3 heteroatoms. The van der Waals surface area contributed by atoms with E-state index in [1.807, 2.05) is 0 Å². The van der Waals surface area contributed by atoms with Gasteiger partial charge in [0, 0.05) is 0 Å². The Morgan fingerprint density at radius 2 is 1.00 bits per heavy atom. The van der Waals surface area contributed by atoms with Crippen molar-refractivity contribution in [3.63, 3.8) is 0 Å². The Morgan fingerprint density at radius 1 is 1.00 bits per heavy atom. The van der Waals surface area contributed by atoms with Crippen LogP contribution < -0.4 is 4.80 Å². The third-order valence-corrected chi connectivity index (χ3v) is 0. The van der Waals surface area contributed by atoms with Crippen LogP contribution in [-0.4, -0.2) is 41.7 Å². The van der Waals surface area contributed by atoms with Crippen LogP contribution in [0.1, 0.15) is 0 Å².